The van der Waals surface area contributed by atoms with Gasteiger partial charge in [0.15, 0.2) is 0 Å². The minimum Gasteiger partial charge on any atom is -0.496 e. The number of hydrogen-bond acceptors (Lipinski definition) is 3. The molecule has 0 amide bonds. The summed E-state index contributed by atoms with van der Waals surface area (Å²) in [6.45, 7) is 0. The number of benzene rings is 1. The van der Waals surface area contributed by atoms with E-state index in [-0.39, 0.29) is 0 Å². The number of rotatable bonds is 3. The summed E-state index contributed by atoms with van der Waals surface area (Å²) in [5, 5.41) is 11.1. The molecule has 3 unspecified atom stereocenters. The Labute approximate surface area is 108 Å². The molecule has 98 valence electrons. The molecule has 0 aliphatic heterocycles. The standard InChI is InChI=1S/C15H20O3/c1-17-12-4-3-5-13(18-2)14(12)15(16)9-10-6-7-11(15)8-10/h3-5,10-11,16H,6-9H2,1-2H3. The minimum absolute atomic E-state index is 0.354. The van der Waals surface area contributed by atoms with E-state index in [0.717, 1.165) is 36.3 Å². The van der Waals surface area contributed by atoms with Crippen molar-refractivity contribution < 1.29 is 14.6 Å². The van der Waals surface area contributed by atoms with E-state index in [1.165, 1.54) is 6.42 Å². The Morgan fingerprint density at radius 3 is 2.28 bits per heavy atom. The molecule has 2 aliphatic rings. The van der Waals surface area contributed by atoms with Crippen molar-refractivity contribution in [2.75, 3.05) is 14.2 Å². The Morgan fingerprint density at radius 1 is 1.17 bits per heavy atom. The molecule has 2 bridgehead atoms. The van der Waals surface area contributed by atoms with Crippen LogP contribution in [0.5, 0.6) is 11.5 Å². The molecule has 0 aromatic heterocycles. The Kier molecular flexibility index (Phi) is 2.74. The molecule has 18 heavy (non-hydrogen) atoms. The van der Waals surface area contributed by atoms with Gasteiger partial charge in [0, 0.05) is 0 Å². The van der Waals surface area contributed by atoms with Crippen LogP contribution in [0.15, 0.2) is 18.2 Å². The van der Waals surface area contributed by atoms with Crippen molar-refractivity contribution in [3.05, 3.63) is 23.8 Å². The Balaban J connectivity index is 2.10. The van der Waals surface area contributed by atoms with Crippen LogP contribution in [0.25, 0.3) is 0 Å². The second-order valence-electron chi connectivity index (χ2n) is 5.54. The van der Waals surface area contributed by atoms with Gasteiger partial charge in [-0.25, -0.2) is 0 Å². The van der Waals surface area contributed by atoms with Crippen LogP contribution in [-0.2, 0) is 5.60 Å². The maximum absolute atomic E-state index is 11.1. The SMILES string of the molecule is COc1cccc(OC)c1C1(O)CC2CCC1C2. The number of fused-ring (bicyclic) bond motifs is 2. The average Bonchev–Trinajstić information content (AvgIpc) is 2.98. The van der Waals surface area contributed by atoms with Crippen LogP contribution in [0.2, 0.25) is 0 Å². The highest BCUT2D eigenvalue weighted by atomic mass is 16.5. The van der Waals surface area contributed by atoms with Gasteiger partial charge in [0.05, 0.1) is 25.4 Å². The van der Waals surface area contributed by atoms with Gasteiger partial charge >= 0.3 is 0 Å². The first-order valence-electron chi connectivity index (χ1n) is 6.63. The zero-order valence-electron chi connectivity index (χ0n) is 11.0. The fraction of sp³-hybridized carbons (Fsp3) is 0.600. The second kappa shape index (κ2) is 4.16. The number of aliphatic hydroxyl groups is 1. The second-order valence-corrected chi connectivity index (χ2v) is 5.54. The fourth-order valence-corrected chi connectivity index (χ4v) is 3.88. The lowest BCUT2D eigenvalue weighted by Crippen LogP contribution is -2.33. The van der Waals surface area contributed by atoms with E-state index in [9.17, 15) is 5.11 Å². The third-order valence-corrected chi connectivity index (χ3v) is 4.68. The predicted molar refractivity (Wildman–Crippen MR) is 68.9 cm³/mol. The maximum atomic E-state index is 11.1. The third-order valence-electron chi connectivity index (χ3n) is 4.68. The zero-order chi connectivity index (χ0) is 12.8. The first-order valence-corrected chi connectivity index (χ1v) is 6.63. The highest BCUT2D eigenvalue weighted by Crippen LogP contribution is 2.58. The largest absolute Gasteiger partial charge is 0.496 e. The highest BCUT2D eigenvalue weighted by molar-refractivity contribution is 5.49. The molecule has 1 aromatic carbocycles. The topological polar surface area (TPSA) is 38.7 Å². The Bertz CT molecular complexity index is 435. The summed E-state index contributed by atoms with van der Waals surface area (Å²) in [7, 11) is 3.30. The molecule has 3 nitrogen and oxygen atoms in total. The average molecular weight is 248 g/mol. The van der Waals surface area contributed by atoms with Crippen LogP contribution < -0.4 is 9.47 Å². The molecule has 2 saturated carbocycles. The van der Waals surface area contributed by atoms with Crippen molar-refractivity contribution in [3.63, 3.8) is 0 Å². The summed E-state index contributed by atoms with van der Waals surface area (Å²) in [5.41, 5.74) is 0.0862. The zero-order valence-corrected chi connectivity index (χ0v) is 11.0. The first-order chi connectivity index (χ1) is 8.69. The van der Waals surface area contributed by atoms with Gasteiger partial charge < -0.3 is 14.6 Å². The van der Waals surface area contributed by atoms with Crippen molar-refractivity contribution in [1.29, 1.82) is 0 Å². The third kappa shape index (κ3) is 1.53. The van der Waals surface area contributed by atoms with Gasteiger partial charge in [-0.1, -0.05) is 6.07 Å². The van der Waals surface area contributed by atoms with Crippen LogP contribution in [0.3, 0.4) is 0 Å². The summed E-state index contributed by atoms with van der Waals surface area (Å²) in [6.07, 6.45) is 4.35. The van der Waals surface area contributed by atoms with Crippen molar-refractivity contribution in [2.45, 2.75) is 31.3 Å². The maximum Gasteiger partial charge on any atom is 0.128 e. The van der Waals surface area contributed by atoms with Crippen molar-refractivity contribution >= 4 is 0 Å². The van der Waals surface area contributed by atoms with Gasteiger partial charge in [-0.05, 0) is 49.7 Å². The fourth-order valence-electron chi connectivity index (χ4n) is 3.88. The normalized spacial score (nSPS) is 33.7. The molecule has 3 atom stereocenters. The summed E-state index contributed by atoms with van der Waals surface area (Å²) < 4.78 is 10.9. The van der Waals surface area contributed by atoms with E-state index in [2.05, 4.69) is 0 Å². The van der Waals surface area contributed by atoms with E-state index >= 15 is 0 Å². The van der Waals surface area contributed by atoms with E-state index in [4.69, 9.17) is 9.47 Å². The molecule has 3 rings (SSSR count). The molecule has 3 heteroatoms. The highest BCUT2D eigenvalue weighted by Gasteiger charge is 2.53. The van der Waals surface area contributed by atoms with E-state index < -0.39 is 5.60 Å². The van der Waals surface area contributed by atoms with Gasteiger partial charge in [0.25, 0.3) is 0 Å². The first kappa shape index (κ1) is 11.8. The summed E-state index contributed by atoms with van der Waals surface area (Å²) >= 11 is 0. The Hall–Kier alpha value is -1.22. The Morgan fingerprint density at radius 2 is 1.83 bits per heavy atom. The van der Waals surface area contributed by atoms with Crippen LogP contribution in [0.4, 0.5) is 0 Å². The molecule has 1 N–H and O–H groups in total. The molecular weight excluding hydrogens is 228 g/mol. The van der Waals surface area contributed by atoms with Gasteiger partial charge in [0.1, 0.15) is 11.5 Å². The molecule has 1 aromatic rings. The molecule has 0 heterocycles. The molecular formula is C15H20O3. The van der Waals surface area contributed by atoms with Gasteiger partial charge in [-0.15, -0.1) is 0 Å². The van der Waals surface area contributed by atoms with Crippen molar-refractivity contribution in [2.24, 2.45) is 11.8 Å². The molecule has 2 fully saturated rings. The van der Waals surface area contributed by atoms with E-state index in [1.807, 2.05) is 18.2 Å². The quantitative estimate of drug-likeness (QED) is 0.894. The van der Waals surface area contributed by atoms with E-state index in [0.29, 0.717) is 11.8 Å². The summed E-state index contributed by atoms with van der Waals surface area (Å²) in [5.74, 6) is 2.50. The monoisotopic (exact) mass is 248 g/mol. The predicted octanol–water partition coefficient (Wildman–Crippen LogP) is 2.71. The molecule has 0 radical (unpaired) electrons. The molecule has 2 aliphatic carbocycles. The van der Waals surface area contributed by atoms with Gasteiger partial charge in [-0.2, -0.15) is 0 Å². The lowest BCUT2D eigenvalue weighted by Gasteiger charge is -2.34. The molecule has 0 spiro atoms. The van der Waals surface area contributed by atoms with Crippen LogP contribution in [0, 0.1) is 11.8 Å². The number of ether oxygens (including phenoxy) is 2. The van der Waals surface area contributed by atoms with Crippen molar-refractivity contribution in [1.82, 2.24) is 0 Å². The lowest BCUT2D eigenvalue weighted by atomic mass is 9.78. The van der Waals surface area contributed by atoms with Crippen LogP contribution >= 0.6 is 0 Å². The van der Waals surface area contributed by atoms with Crippen molar-refractivity contribution in [3.8, 4) is 11.5 Å². The van der Waals surface area contributed by atoms with Crippen LogP contribution in [0.1, 0.15) is 31.2 Å². The minimum atomic E-state index is -0.763. The summed E-state index contributed by atoms with van der Waals surface area (Å²) in [4.78, 5) is 0. The summed E-state index contributed by atoms with van der Waals surface area (Å²) in [6, 6.07) is 5.71. The van der Waals surface area contributed by atoms with Gasteiger partial charge in [0.2, 0.25) is 0 Å². The number of methoxy groups -OCH3 is 2. The number of hydrogen-bond donors (Lipinski definition) is 1. The van der Waals surface area contributed by atoms with E-state index in [1.54, 1.807) is 14.2 Å². The lowest BCUT2D eigenvalue weighted by molar-refractivity contribution is -0.0219. The van der Waals surface area contributed by atoms with Gasteiger partial charge in [-0.3, -0.25) is 0 Å². The van der Waals surface area contributed by atoms with Crippen LogP contribution in [-0.4, -0.2) is 19.3 Å². The molecule has 0 saturated heterocycles. The smallest absolute Gasteiger partial charge is 0.128 e.